The number of hydrogen-bond acceptors (Lipinski definition) is 5. The van der Waals surface area contributed by atoms with Gasteiger partial charge in [-0.05, 0) is 60.2 Å². The SMILES string of the molecule is CN(C)c1nc(N[C@H]2CC[C@@H](NCc3ccc4ccccc4c3)CC2)nc2ccccc12. The Morgan fingerprint density at radius 3 is 2.34 bits per heavy atom. The van der Waals surface area contributed by atoms with E-state index in [1.54, 1.807) is 0 Å². The predicted molar refractivity (Wildman–Crippen MR) is 134 cm³/mol. The van der Waals surface area contributed by atoms with Crippen LogP contribution in [0.4, 0.5) is 11.8 Å². The summed E-state index contributed by atoms with van der Waals surface area (Å²) in [4.78, 5) is 11.6. The van der Waals surface area contributed by atoms with Crippen molar-refractivity contribution >= 4 is 33.4 Å². The monoisotopic (exact) mass is 425 g/mol. The summed E-state index contributed by atoms with van der Waals surface area (Å²) >= 11 is 0. The van der Waals surface area contributed by atoms with Crippen LogP contribution in [0.5, 0.6) is 0 Å². The highest BCUT2D eigenvalue weighted by Gasteiger charge is 2.22. The van der Waals surface area contributed by atoms with Crippen molar-refractivity contribution in [3.8, 4) is 0 Å². The third-order valence-corrected chi connectivity index (χ3v) is 6.48. The summed E-state index contributed by atoms with van der Waals surface area (Å²) in [6.45, 7) is 0.924. The van der Waals surface area contributed by atoms with Gasteiger partial charge in [-0.15, -0.1) is 0 Å². The first kappa shape index (κ1) is 20.7. The third-order valence-electron chi connectivity index (χ3n) is 6.48. The van der Waals surface area contributed by atoms with E-state index in [4.69, 9.17) is 9.97 Å². The van der Waals surface area contributed by atoms with Gasteiger partial charge in [-0.25, -0.2) is 4.98 Å². The molecule has 1 heterocycles. The maximum absolute atomic E-state index is 4.80. The Bertz CT molecular complexity index is 1210. The lowest BCUT2D eigenvalue weighted by atomic mass is 9.91. The van der Waals surface area contributed by atoms with Crippen LogP contribution >= 0.6 is 0 Å². The maximum Gasteiger partial charge on any atom is 0.225 e. The maximum atomic E-state index is 4.80. The molecule has 0 aliphatic heterocycles. The number of nitrogens with zero attached hydrogens (tertiary/aromatic N) is 3. The molecule has 0 atom stereocenters. The van der Waals surface area contributed by atoms with Crippen LogP contribution in [0.2, 0.25) is 0 Å². The highest BCUT2D eigenvalue weighted by Crippen LogP contribution is 2.26. The molecule has 0 radical (unpaired) electrons. The van der Waals surface area contributed by atoms with Crippen LogP contribution in [0.1, 0.15) is 31.2 Å². The molecule has 5 heteroatoms. The Labute approximate surface area is 189 Å². The lowest BCUT2D eigenvalue weighted by Gasteiger charge is -2.30. The second-order valence-corrected chi connectivity index (χ2v) is 9.04. The van der Waals surface area contributed by atoms with Crippen molar-refractivity contribution in [2.45, 2.75) is 44.3 Å². The zero-order valence-electron chi connectivity index (χ0n) is 18.9. The van der Waals surface area contributed by atoms with Gasteiger partial charge in [0.2, 0.25) is 5.95 Å². The summed E-state index contributed by atoms with van der Waals surface area (Å²) in [5.74, 6) is 1.70. The molecular formula is C27H31N5. The van der Waals surface area contributed by atoms with E-state index in [1.165, 1.54) is 29.2 Å². The van der Waals surface area contributed by atoms with Gasteiger partial charge in [0, 0.05) is 38.1 Å². The first-order valence-corrected chi connectivity index (χ1v) is 11.6. The first-order valence-electron chi connectivity index (χ1n) is 11.6. The number of hydrogen-bond donors (Lipinski definition) is 2. The molecule has 1 aliphatic carbocycles. The van der Waals surface area contributed by atoms with Crippen molar-refractivity contribution in [1.29, 1.82) is 0 Å². The van der Waals surface area contributed by atoms with E-state index in [2.05, 4.69) is 70.1 Å². The van der Waals surface area contributed by atoms with Gasteiger partial charge in [0.25, 0.3) is 0 Å². The number of rotatable bonds is 6. The lowest BCUT2D eigenvalue weighted by Crippen LogP contribution is -2.37. The molecular weight excluding hydrogens is 394 g/mol. The highest BCUT2D eigenvalue weighted by atomic mass is 15.2. The Morgan fingerprint density at radius 1 is 0.812 bits per heavy atom. The van der Waals surface area contributed by atoms with Crippen LogP contribution in [0.25, 0.3) is 21.7 Å². The molecule has 2 N–H and O–H groups in total. The predicted octanol–water partition coefficient (Wildman–Crippen LogP) is 5.36. The Balaban J connectivity index is 1.18. The topological polar surface area (TPSA) is 53.1 Å². The minimum Gasteiger partial charge on any atom is -0.362 e. The molecule has 0 saturated heterocycles. The summed E-state index contributed by atoms with van der Waals surface area (Å²) in [6.07, 6.45) is 4.59. The van der Waals surface area contributed by atoms with Gasteiger partial charge in [-0.1, -0.05) is 48.5 Å². The number of fused-ring (bicyclic) bond motifs is 2. The highest BCUT2D eigenvalue weighted by molar-refractivity contribution is 5.90. The van der Waals surface area contributed by atoms with E-state index in [1.807, 2.05) is 26.2 Å². The van der Waals surface area contributed by atoms with Crippen LogP contribution in [0, 0.1) is 0 Å². The summed E-state index contributed by atoms with van der Waals surface area (Å²) < 4.78 is 0. The van der Waals surface area contributed by atoms with E-state index in [-0.39, 0.29) is 0 Å². The van der Waals surface area contributed by atoms with Gasteiger partial charge in [0.05, 0.1) is 5.52 Å². The quantitative estimate of drug-likeness (QED) is 0.435. The number of benzene rings is 3. The standard InChI is InChI=1S/C27H31N5/c1-32(2)26-24-9-5-6-10-25(24)30-27(31-26)29-23-15-13-22(14-16-23)28-18-19-11-12-20-7-3-4-8-21(20)17-19/h3-12,17,22-23,28H,13-16,18H2,1-2H3,(H,29,30,31)/t22-,23+. The number of aromatic nitrogens is 2. The zero-order valence-corrected chi connectivity index (χ0v) is 18.9. The molecule has 4 aromatic rings. The molecule has 5 rings (SSSR count). The van der Waals surface area contributed by atoms with E-state index in [0.717, 1.165) is 42.1 Å². The van der Waals surface area contributed by atoms with Crippen molar-refractivity contribution in [3.05, 3.63) is 72.3 Å². The number of para-hydroxylation sites is 1. The van der Waals surface area contributed by atoms with Crippen LogP contribution in [-0.4, -0.2) is 36.1 Å². The van der Waals surface area contributed by atoms with E-state index < -0.39 is 0 Å². The fourth-order valence-corrected chi connectivity index (χ4v) is 4.70. The van der Waals surface area contributed by atoms with Crippen molar-refractivity contribution in [2.75, 3.05) is 24.3 Å². The molecule has 1 aromatic heterocycles. The summed E-state index contributed by atoms with van der Waals surface area (Å²) in [5, 5.41) is 11.1. The molecule has 0 amide bonds. The second kappa shape index (κ2) is 9.13. The zero-order chi connectivity index (χ0) is 21.9. The summed E-state index contributed by atoms with van der Waals surface area (Å²) in [6, 6.07) is 24.5. The van der Waals surface area contributed by atoms with Crippen molar-refractivity contribution in [3.63, 3.8) is 0 Å². The molecule has 0 spiro atoms. The van der Waals surface area contributed by atoms with Crippen LogP contribution in [0.15, 0.2) is 66.7 Å². The van der Waals surface area contributed by atoms with Gasteiger partial charge in [-0.2, -0.15) is 4.98 Å². The summed E-state index contributed by atoms with van der Waals surface area (Å²) in [5.41, 5.74) is 2.34. The van der Waals surface area contributed by atoms with Crippen molar-refractivity contribution in [1.82, 2.24) is 15.3 Å². The van der Waals surface area contributed by atoms with E-state index >= 15 is 0 Å². The molecule has 32 heavy (non-hydrogen) atoms. The fourth-order valence-electron chi connectivity index (χ4n) is 4.70. The largest absolute Gasteiger partial charge is 0.362 e. The average Bonchev–Trinajstić information content (AvgIpc) is 2.83. The number of anilines is 2. The first-order chi connectivity index (χ1) is 15.7. The lowest BCUT2D eigenvalue weighted by molar-refractivity contribution is 0.352. The molecule has 1 fully saturated rings. The molecule has 3 aromatic carbocycles. The van der Waals surface area contributed by atoms with Crippen molar-refractivity contribution < 1.29 is 0 Å². The van der Waals surface area contributed by atoms with E-state index in [0.29, 0.717) is 12.1 Å². The van der Waals surface area contributed by atoms with Crippen LogP contribution in [-0.2, 0) is 6.54 Å². The van der Waals surface area contributed by atoms with Crippen molar-refractivity contribution in [2.24, 2.45) is 0 Å². The third kappa shape index (κ3) is 4.53. The van der Waals surface area contributed by atoms with Gasteiger partial charge < -0.3 is 15.5 Å². The summed E-state index contributed by atoms with van der Waals surface area (Å²) in [7, 11) is 4.07. The molecule has 164 valence electrons. The average molecular weight is 426 g/mol. The Morgan fingerprint density at radius 2 is 1.53 bits per heavy atom. The molecule has 1 aliphatic rings. The second-order valence-electron chi connectivity index (χ2n) is 9.04. The van der Waals surface area contributed by atoms with Gasteiger partial charge in [0.1, 0.15) is 5.82 Å². The van der Waals surface area contributed by atoms with Gasteiger partial charge in [-0.3, -0.25) is 0 Å². The normalized spacial score (nSPS) is 18.7. The molecule has 5 nitrogen and oxygen atoms in total. The molecule has 1 saturated carbocycles. The Kier molecular flexibility index (Phi) is 5.91. The Hall–Kier alpha value is -3.18. The molecule has 0 unspecified atom stereocenters. The van der Waals surface area contributed by atoms with Crippen LogP contribution < -0.4 is 15.5 Å². The number of nitrogens with one attached hydrogen (secondary N) is 2. The molecule has 0 bridgehead atoms. The minimum absolute atomic E-state index is 0.421. The van der Waals surface area contributed by atoms with E-state index in [9.17, 15) is 0 Å². The van der Waals surface area contributed by atoms with Gasteiger partial charge in [0.15, 0.2) is 0 Å². The smallest absolute Gasteiger partial charge is 0.225 e. The van der Waals surface area contributed by atoms with Crippen LogP contribution in [0.3, 0.4) is 0 Å². The fraction of sp³-hybridized carbons (Fsp3) is 0.333. The minimum atomic E-state index is 0.421. The van der Waals surface area contributed by atoms with Gasteiger partial charge >= 0.3 is 0 Å².